The van der Waals surface area contributed by atoms with Gasteiger partial charge in [-0.05, 0) is 55.8 Å². The smallest absolute Gasteiger partial charge is 0.0409 e. The lowest BCUT2D eigenvalue weighted by Gasteiger charge is -2.10. The second kappa shape index (κ2) is 6.00. The molecule has 0 saturated heterocycles. The van der Waals surface area contributed by atoms with Gasteiger partial charge in [0.1, 0.15) is 0 Å². The first-order chi connectivity index (χ1) is 8.65. The van der Waals surface area contributed by atoms with E-state index in [0.29, 0.717) is 6.04 Å². The SMILES string of the molecule is CCC(NC)c1ccc(-c2ccc(Br)cc2C)s1. The average molecular weight is 324 g/mol. The van der Waals surface area contributed by atoms with Crippen molar-refractivity contribution in [2.24, 2.45) is 0 Å². The van der Waals surface area contributed by atoms with Crippen LogP contribution in [-0.2, 0) is 0 Å². The Hall–Kier alpha value is -0.640. The van der Waals surface area contributed by atoms with E-state index in [1.807, 2.05) is 18.4 Å². The Balaban J connectivity index is 2.34. The molecule has 0 aliphatic rings. The third-order valence-corrected chi connectivity index (χ3v) is 4.91. The van der Waals surface area contributed by atoms with Crippen molar-refractivity contribution in [2.75, 3.05) is 7.05 Å². The van der Waals surface area contributed by atoms with E-state index in [0.717, 1.165) is 10.9 Å². The van der Waals surface area contributed by atoms with E-state index < -0.39 is 0 Å². The number of hydrogen-bond acceptors (Lipinski definition) is 2. The Labute approximate surface area is 121 Å². The van der Waals surface area contributed by atoms with Gasteiger partial charge in [-0.3, -0.25) is 0 Å². The lowest BCUT2D eigenvalue weighted by atomic mass is 10.1. The molecule has 1 heterocycles. The lowest BCUT2D eigenvalue weighted by Crippen LogP contribution is -2.13. The number of hydrogen-bond donors (Lipinski definition) is 1. The van der Waals surface area contributed by atoms with Crippen molar-refractivity contribution in [3.63, 3.8) is 0 Å². The maximum atomic E-state index is 3.51. The molecule has 0 amide bonds. The summed E-state index contributed by atoms with van der Waals surface area (Å²) >= 11 is 5.40. The summed E-state index contributed by atoms with van der Waals surface area (Å²) in [6.45, 7) is 4.38. The van der Waals surface area contributed by atoms with Crippen LogP contribution in [0.1, 0.15) is 29.8 Å². The summed E-state index contributed by atoms with van der Waals surface area (Å²) < 4.78 is 1.14. The molecule has 0 saturated carbocycles. The number of thiophene rings is 1. The highest BCUT2D eigenvalue weighted by Gasteiger charge is 2.11. The van der Waals surface area contributed by atoms with Gasteiger partial charge in [0.25, 0.3) is 0 Å². The minimum Gasteiger partial charge on any atom is -0.312 e. The first kappa shape index (κ1) is 13.8. The fraction of sp³-hybridized carbons (Fsp3) is 0.333. The average Bonchev–Trinajstić information content (AvgIpc) is 2.80. The number of nitrogens with one attached hydrogen (secondary N) is 1. The van der Waals surface area contributed by atoms with Crippen molar-refractivity contribution in [3.8, 4) is 10.4 Å². The fourth-order valence-corrected chi connectivity index (χ4v) is 3.90. The molecule has 18 heavy (non-hydrogen) atoms. The molecule has 0 aliphatic heterocycles. The lowest BCUT2D eigenvalue weighted by molar-refractivity contribution is 0.586. The van der Waals surface area contributed by atoms with Crippen molar-refractivity contribution in [1.82, 2.24) is 5.32 Å². The van der Waals surface area contributed by atoms with Crippen LogP contribution in [0.2, 0.25) is 0 Å². The molecule has 0 spiro atoms. The second-order valence-corrected chi connectivity index (χ2v) is 6.44. The summed E-state index contributed by atoms with van der Waals surface area (Å²) in [4.78, 5) is 2.76. The summed E-state index contributed by atoms with van der Waals surface area (Å²) in [5.41, 5.74) is 2.65. The summed E-state index contributed by atoms with van der Waals surface area (Å²) in [6.07, 6.45) is 1.12. The number of benzene rings is 1. The molecule has 2 aromatic rings. The predicted octanol–water partition coefficient (Wildman–Crippen LogP) is 5.16. The summed E-state index contributed by atoms with van der Waals surface area (Å²) in [6, 6.07) is 11.4. The topological polar surface area (TPSA) is 12.0 Å². The van der Waals surface area contributed by atoms with E-state index in [-0.39, 0.29) is 0 Å². The van der Waals surface area contributed by atoms with Gasteiger partial charge in [-0.15, -0.1) is 11.3 Å². The molecular weight excluding hydrogens is 306 g/mol. The molecule has 1 atom stereocenters. The van der Waals surface area contributed by atoms with Gasteiger partial charge in [0.15, 0.2) is 0 Å². The van der Waals surface area contributed by atoms with E-state index in [2.05, 4.69) is 65.4 Å². The molecule has 96 valence electrons. The molecule has 3 heteroatoms. The van der Waals surface area contributed by atoms with Crippen molar-refractivity contribution in [2.45, 2.75) is 26.3 Å². The first-order valence-corrected chi connectivity index (χ1v) is 7.80. The highest BCUT2D eigenvalue weighted by molar-refractivity contribution is 9.10. The molecule has 0 fully saturated rings. The van der Waals surface area contributed by atoms with Crippen LogP contribution in [0.25, 0.3) is 10.4 Å². The fourth-order valence-electron chi connectivity index (χ4n) is 2.14. The largest absolute Gasteiger partial charge is 0.312 e. The van der Waals surface area contributed by atoms with Crippen LogP contribution in [0.15, 0.2) is 34.8 Å². The zero-order valence-electron chi connectivity index (χ0n) is 11.0. The maximum Gasteiger partial charge on any atom is 0.0409 e. The van der Waals surface area contributed by atoms with E-state index in [1.165, 1.54) is 20.9 Å². The summed E-state index contributed by atoms with van der Waals surface area (Å²) in [7, 11) is 2.03. The molecule has 2 rings (SSSR count). The zero-order valence-corrected chi connectivity index (χ0v) is 13.4. The Morgan fingerprint density at radius 2 is 2.06 bits per heavy atom. The van der Waals surface area contributed by atoms with Crippen LogP contribution >= 0.6 is 27.3 Å². The Morgan fingerprint density at radius 3 is 2.67 bits per heavy atom. The van der Waals surface area contributed by atoms with Crippen LogP contribution in [0.5, 0.6) is 0 Å². The molecular formula is C15H18BrNS. The minimum atomic E-state index is 0.472. The molecule has 0 bridgehead atoms. The molecule has 1 unspecified atom stereocenters. The Kier molecular flexibility index (Phi) is 4.60. The van der Waals surface area contributed by atoms with Crippen LogP contribution in [-0.4, -0.2) is 7.05 Å². The standard InChI is InChI=1S/C15H18BrNS/c1-4-13(17-3)15-8-7-14(18-15)12-6-5-11(16)9-10(12)2/h5-9,13,17H,4H2,1-3H3. The number of rotatable bonds is 4. The Morgan fingerprint density at radius 1 is 1.28 bits per heavy atom. The maximum absolute atomic E-state index is 3.51. The zero-order chi connectivity index (χ0) is 13.1. The summed E-state index contributed by atoms with van der Waals surface area (Å²) in [5.74, 6) is 0. The summed E-state index contributed by atoms with van der Waals surface area (Å²) in [5, 5.41) is 3.36. The van der Waals surface area contributed by atoms with Crippen LogP contribution in [0.4, 0.5) is 0 Å². The van der Waals surface area contributed by atoms with E-state index in [1.54, 1.807) is 0 Å². The molecule has 0 aliphatic carbocycles. The minimum absolute atomic E-state index is 0.472. The highest BCUT2D eigenvalue weighted by atomic mass is 79.9. The molecule has 1 aromatic carbocycles. The van der Waals surface area contributed by atoms with E-state index in [4.69, 9.17) is 0 Å². The van der Waals surface area contributed by atoms with Gasteiger partial charge in [-0.1, -0.05) is 28.9 Å². The Bertz CT molecular complexity index is 529. The van der Waals surface area contributed by atoms with Gasteiger partial charge >= 0.3 is 0 Å². The van der Waals surface area contributed by atoms with Gasteiger partial charge in [0.05, 0.1) is 0 Å². The van der Waals surface area contributed by atoms with Crippen molar-refractivity contribution in [3.05, 3.63) is 45.2 Å². The number of halogens is 1. The predicted molar refractivity (Wildman–Crippen MR) is 84.3 cm³/mol. The monoisotopic (exact) mass is 323 g/mol. The second-order valence-electron chi connectivity index (χ2n) is 4.41. The highest BCUT2D eigenvalue weighted by Crippen LogP contribution is 2.34. The van der Waals surface area contributed by atoms with Gasteiger partial charge in [0, 0.05) is 20.3 Å². The quantitative estimate of drug-likeness (QED) is 0.819. The van der Waals surface area contributed by atoms with Crippen LogP contribution in [0, 0.1) is 6.92 Å². The van der Waals surface area contributed by atoms with Crippen LogP contribution < -0.4 is 5.32 Å². The third-order valence-electron chi connectivity index (χ3n) is 3.18. The number of aryl methyl sites for hydroxylation is 1. The first-order valence-electron chi connectivity index (χ1n) is 6.19. The van der Waals surface area contributed by atoms with Gasteiger partial charge in [-0.2, -0.15) is 0 Å². The van der Waals surface area contributed by atoms with E-state index in [9.17, 15) is 0 Å². The molecule has 1 nitrogen and oxygen atoms in total. The van der Waals surface area contributed by atoms with Crippen molar-refractivity contribution >= 4 is 27.3 Å². The van der Waals surface area contributed by atoms with Crippen molar-refractivity contribution < 1.29 is 0 Å². The molecule has 0 radical (unpaired) electrons. The molecule has 1 aromatic heterocycles. The van der Waals surface area contributed by atoms with Gasteiger partial charge < -0.3 is 5.32 Å². The van der Waals surface area contributed by atoms with Crippen LogP contribution in [0.3, 0.4) is 0 Å². The van der Waals surface area contributed by atoms with Crippen molar-refractivity contribution in [1.29, 1.82) is 0 Å². The van der Waals surface area contributed by atoms with Gasteiger partial charge in [0.2, 0.25) is 0 Å². The normalized spacial score (nSPS) is 12.7. The molecule has 1 N–H and O–H groups in total. The van der Waals surface area contributed by atoms with E-state index >= 15 is 0 Å². The third kappa shape index (κ3) is 2.85. The van der Waals surface area contributed by atoms with Gasteiger partial charge in [-0.25, -0.2) is 0 Å².